The number of imide groups is 1. The van der Waals surface area contributed by atoms with Gasteiger partial charge in [0.15, 0.2) is 5.69 Å². The molecule has 2 saturated carbocycles. The molecule has 0 bridgehead atoms. The molecule has 3 N–H and O–H groups in total. The zero-order valence-corrected chi connectivity index (χ0v) is 38.8. The van der Waals surface area contributed by atoms with Gasteiger partial charge in [0.2, 0.25) is 17.7 Å². The fourth-order valence-electron chi connectivity index (χ4n) is 10.9. The number of amides is 4. The lowest BCUT2D eigenvalue weighted by atomic mass is 9.85. The average Bonchev–Trinajstić information content (AvgIpc) is 3.77. The van der Waals surface area contributed by atoms with E-state index in [1.807, 2.05) is 28.8 Å². The minimum atomic E-state index is -2.91. The maximum atomic E-state index is 14.5. The third kappa shape index (κ3) is 9.91. The Morgan fingerprint density at radius 3 is 2.53 bits per heavy atom. The van der Waals surface area contributed by atoms with Gasteiger partial charge in [-0.3, -0.25) is 34.1 Å². The number of fused-ring (bicyclic) bond motifs is 2. The number of pyridine rings is 1. The predicted molar refractivity (Wildman–Crippen MR) is 252 cm³/mol. The van der Waals surface area contributed by atoms with Crippen LogP contribution in [0.2, 0.25) is 0 Å². The van der Waals surface area contributed by atoms with Crippen molar-refractivity contribution in [2.45, 2.75) is 102 Å². The molecule has 1 unspecified atom stereocenters. The van der Waals surface area contributed by atoms with E-state index >= 15 is 0 Å². The van der Waals surface area contributed by atoms with E-state index in [0.717, 1.165) is 101 Å². The SMILES string of the molecule is CN(CCC1CCN(Cc2cccc3c(C4CCC(=O)NC4=O)nn(C)c23)CC1)CC1CCC(N2Cc3cc(NC(=O)c4coc(-c5ccnc(NCC6CC6)c5)n4)c(C(F)F)cc3C2=O)CC1. The minimum Gasteiger partial charge on any atom is -0.444 e. The number of nitrogens with one attached hydrogen (secondary N) is 3. The predicted octanol–water partition coefficient (Wildman–Crippen LogP) is 7.90. The number of oxazole rings is 1. The number of carbonyl (C=O) groups is 4. The molecule has 5 aliphatic rings. The zero-order chi connectivity index (χ0) is 47.1. The van der Waals surface area contributed by atoms with E-state index in [2.05, 4.69) is 48.8 Å². The number of likely N-dealkylation sites (tertiary alicyclic amines) is 1. The lowest BCUT2D eigenvalue weighted by Crippen LogP contribution is -2.40. The molecule has 2 aliphatic carbocycles. The molecule has 2 aromatic carbocycles. The monoisotopic (exact) mass is 930 g/mol. The van der Waals surface area contributed by atoms with Gasteiger partial charge in [0.1, 0.15) is 12.1 Å². The Morgan fingerprint density at radius 1 is 0.971 bits per heavy atom. The number of benzene rings is 2. The molecule has 4 fully saturated rings. The first-order valence-electron chi connectivity index (χ1n) is 24.4. The molecule has 4 amide bonds. The van der Waals surface area contributed by atoms with E-state index in [1.54, 1.807) is 18.3 Å². The van der Waals surface area contributed by atoms with Crippen LogP contribution >= 0.6 is 0 Å². The van der Waals surface area contributed by atoms with Crippen LogP contribution in [-0.4, -0.2) is 104 Å². The third-order valence-corrected chi connectivity index (χ3v) is 15.0. The van der Waals surface area contributed by atoms with Gasteiger partial charge in [-0.15, -0.1) is 0 Å². The van der Waals surface area contributed by atoms with E-state index in [1.165, 1.54) is 36.8 Å². The second-order valence-corrected chi connectivity index (χ2v) is 19.8. The molecule has 3 aliphatic heterocycles. The summed E-state index contributed by atoms with van der Waals surface area (Å²) in [5, 5.41) is 14.2. The Kier molecular flexibility index (Phi) is 13.1. The largest absolute Gasteiger partial charge is 0.444 e. The van der Waals surface area contributed by atoms with Gasteiger partial charge in [0.05, 0.1) is 22.8 Å². The topological polar surface area (TPSA) is 171 Å². The highest BCUT2D eigenvalue weighted by atomic mass is 19.3. The fraction of sp³-hybridized carbons (Fsp3) is 0.510. The van der Waals surface area contributed by atoms with Crippen LogP contribution in [0.4, 0.5) is 20.3 Å². The van der Waals surface area contributed by atoms with E-state index < -0.39 is 23.8 Å². The van der Waals surface area contributed by atoms with Crippen LogP contribution < -0.4 is 16.0 Å². The highest BCUT2D eigenvalue weighted by molar-refractivity contribution is 6.05. The van der Waals surface area contributed by atoms with Gasteiger partial charge in [-0.25, -0.2) is 18.7 Å². The summed E-state index contributed by atoms with van der Waals surface area (Å²) in [6.45, 7) is 6.07. The lowest BCUT2D eigenvalue weighted by molar-refractivity contribution is -0.134. The summed E-state index contributed by atoms with van der Waals surface area (Å²) in [5.74, 6) is 0.918. The number of aromatic nitrogens is 4. The van der Waals surface area contributed by atoms with Crippen molar-refractivity contribution in [2.24, 2.45) is 24.8 Å². The van der Waals surface area contributed by atoms with Crippen LogP contribution in [-0.2, 0) is 29.7 Å². The second-order valence-electron chi connectivity index (χ2n) is 19.8. The molecule has 17 heteroatoms. The quantitative estimate of drug-likeness (QED) is 0.0822. The van der Waals surface area contributed by atoms with Crippen LogP contribution in [0.15, 0.2) is 59.3 Å². The van der Waals surface area contributed by atoms with Crippen LogP contribution in [0.1, 0.15) is 126 Å². The van der Waals surface area contributed by atoms with Crippen molar-refractivity contribution in [1.29, 1.82) is 0 Å². The van der Waals surface area contributed by atoms with Crippen molar-refractivity contribution in [3.05, 3.63) is 88.6 Å². The number of hydrogen-bond acceptors (Lipinski definition) is 11. The summed E-state index contributed by atoms with van der Waals surface area (Å²) in [7, 11) is 4.14. The summed E-state index contributed by atoms with van der Waals surface area (Å²) < 4.78 is 36.5. The molecule has 2 saturated heterocycles. The maximum absolute atomic E-state index is 14.5. The van der Waals surface area contributed by atoms with Crippen molar-refractivity contribution in [1.82, 2.24) is 39.8 Å². The standard InChI is InChI=1S/C51H60F2N10O5/c1-60(19-15-30-16-20-62(21-17-30)27-34-4-3-5-37-45(59-61(2)46(34)37)38-12-13-44(64)58-48(38)65)26-32-8-10-36(11-9-32)63-28-35-22-41(40(47(52)53)24-39(35)51(63)67)56-49(66)42-29-68-50(57-42)33-14-18-54-43(23-33)55-25-31-6-7-31/h3-5,14,18,22-24,29-32,36,38,47H,6-13,15-17,19-21,25-28H2,1-2H3,(H,54,55)(H,56,66)(H,58,64,65). The Balaban J connectivity index is 0.675. The summed E-state index contributed by atoms with van der Waals surface area (Å²) in [4.78, 5) is 67.0. The highest BCUT2D eigenvalue weighted by Gasteiger charge is 2.37. The molecular weight excluding hydrogens is 871 g/mol. The van der Waals surface area contributed by atoms with Crippen LogP contribution in [0.5, 0.6) is 0 Å². The molecule has 1 atom stereocenters. The van der Waals surface area contributed by atoms with E-state index in [9.17, 15) is 28.0 Å². The molecule has 68 heavy (non-hydrogen) atoms. The molecule has 0 spiro atoms. The number of rotatable bonds is 16. The van der Waals surface area contributed by atoms with Crippen LogP contribution in [0.25, 0.3) is 22.4 Å². The van der Waals surface area contributed by atoms with Gasteiger partial charge in [-0.2, -0.15) is 5.10 Å². The fourth-order valence-corrected chi connectivity index (χ4v) is 10.9. The number of anilines is 2. The summed E-state index contributed by atoms with van der Waals surface area (Å²) in [6.07, 6.45) is 10.3. The van der Waals surface area contributed by atoms with Crippen molar-refractivity contribution < 1.29 is 32.4 Å². The Bertz CT molecular complexity index is 2700. The number of piperidine rings is 2. The van der Waals surface area contributed by atoms with Gasteiger partial charge in [-0.1, -0.05) is 18.2 Å². The second kappa shape index (κ2) is 19.5. The molecular formula is C51H60F2N10O5. The zero-order valence-electron chi connectivity index (χ0n) is 38.8. The average molecular weight is 931 g/mol. The van der Waals surface area contributed by atoms with Crippen molar-refractivity contribution in [3.63, 3.8) is 0 Å². The van der Waals surface area contributed by atoms with Gasteiger partial charge < -0.3 is 24.9 Å². The smallest absolute Gasteiger partial charge is 0.277 e. The first-order valence-corrected chi connectivity index (χ1v) is 24.4. The summed E-state index contributed by atoms with van der Waals surface area (Å²) in [5.41, 5.74) is 4.02. The van der Waals surface area contributed by atoms with Crippen LogP contribution in [0.3, 0.4) is 0 Å². The third-order valence-electron chi connectivity index (χ3n) is 15.0. The van der Waals surface area contributed by atoms with Gasteiger partial charge in [0, 0.05) is 74.0 Å². The molecule has 15 nitrogen and oxygen atoms in total. The number of hydrogen-bond donors (Lipinski definition) is 3. The van der Waals surface area contributed by atoms with Crippen molar-refractivity contribution in [2.75, 3.05) is 50.4 Å². The Hall–Kier alpha value is -6.07. The number of halogens is 2. The van der Waals surface area contributed by atoms with Gasteiger partial charge in [-0.05, 0) is 144 Å². The highest BCUT2D eigenvalue weighted by Crippen LogP contribution is 2.39. The van der Waals surface area contributed by atoms with Crippen molar-refractivity contribution >= 4 is 46.0 Å². The molecule has 0 radical (unpaired) electrons. The molecule has 10 rings (SSSR count). The van der Waals surface area contributed by atoms with Crippen LogP contribution in [0, 0.1) is 17.8 Å². The number of aryl methyl sites for hydroxylation is 1. The summed E-state index contributed by atoms with van der Waals surface area (Å²) in [6, 6.07) is 12.6. The minimum absolute atomic E-state index is 0.0260. The van der Waals surface area contributed by atoms with E-state index in [4.69, 9.17) is 9.52 Å². The maximum Gasteiger partial charge on any atom is 0.277 e. The first kappa shape index (κ1) is 45.7. The number of carbonyl (C=O) groups excluding carboxylic acids is 4. The molecule has 5 aromatic rings. The van der Waals surface area contributed by atoms with E-state index in [0.29, 0.717) is 54.1 Å². The Morgan fingerprint density at radius 2 is 1.76 bits per heavy atom. The molecule has 3 aromatic heterocycles. The molecule has 358 valence electrons. The lowest BCUT2D eigenvalue weighted by Gasteiger charge is -2.36. The normalized spacial score (nSPS) is 21.5. The number of para-hydroxylation sites is 1. The van der Waals surface area contributed by atoms with Crippen molar-refractivity contribution in [3.8, 4) is 11.5 Å². The van der Waals surface area contributed by atoms with Gasteiger partial charge >= 0.3 is 0 Å². The number of alkyl halides is 2. The first-order chi connectivity index (χ1) is 32.9. The van der Waals surface area contributed by atoms with Gasteiger partial charge in [0.25, 0.3) is 18.2 Å². The number of nitrogens with zero attached hydrogens (tertiary/aromatic N) is 7. The summed E-state index contributed by atoms with van der Waals surface area (Å²) >= 11 is 0. The Labute approximate surface area is 394 Å². The van der Waals surface area contributed by atoms with E-state index in [-0.39, 0.29) is 46.6 Å². The molecule has 6 heterocycles.